The van der Waals surface area contributed by atoms with Crippen LogP contribution in [-0.2, 0) is 11.3 Å². The average molecular weight is 337 g/mol. The first-order chi connectivity index (χ1) is 12.1. The van der Waals surface area contributed by atoms with E-state index in [9.17, 15) is 4.79 Å². The van der Waals surface area contributed by atoms with Crippen molar-refractivity contribution in [2.75, 3.05) is 11.4 Å². The Hall–Kier alpha value is -2.50. The summed E-state index contributed by atoms with van der Waals surface area (Å²) in [5, 5.41) is 0. The third-order valence-corrected chi connectivity index (χ3v) is 5.19. The zero-order valence-corrected chi connectivity index (χ0v) is 14.7. The van der Waals surface area contributed by atoms with E-state index in [4.69, 9.17) is 0 Å². The van der Waals surface area contributed by atoms with Crippen LogP contribution >= 0.6 is 0 Å². The van der Waals surface area contributed by atoms with Crippen molar-refractivity contribution in [3.8, 4) is 0 Å². The molecule has 6 heteroatoms. The number of carbonyl (C=O) groups excluding carboxylic acids is 1. The maximum atomic E-state index is 12.6. The van der Waals surface area contributed by atoms with E-state index in [2.05, 4.69) is 19.9 Å². The van der Waals surface area contributed by atoms with Gasteiger partial charge in [-0.2, -0.15) is 0 Å². The van der Waals surface area contributed by atoms with Gasteiger partial charge < -0.3 is 9.80 Å². The molecule has 0 radical (unpaired) electrons. The average Bonchev–Trinajstić information content (AvgIpc) is 3.02. The molecule has 4 heterocycles. The van der Waals surface area contributed by atoms with E-state index in [0.717, 1.165) is 42.3 Å². The predicted molar refractivity (Wildman–Crippen MR) is 95.1 cm³/mol. The van der Waals surface area contributed by atoms with Crippen LogP contribution in [-0.4, -0.2) is 44.4 Å². The van der Waals surface area contributed by atoms with E-state index in [0.29, 0.717) is 19.0 Å². The number of aromatic nitrogens is 3. The molecule has 0 spiro atoms. The first kappa shape index (κ1) is 16.0. The Balaban J connectivity index is 1.56. The quantitative estimate of drug-likeness (QED) is 0.860. The molecule has 2 saturated heterocycles. The minimum atomic E-state index is 0.216. The molecular formula is C19H23N5O. The number of aryl methyl sites for hydroxylation is 2. The fourth-order valence-corrected chi connectivity index (χ4v) is 4.00. The zero-order valence-electron chi connectivity index (χ0n) is 14.7. The molecule has 0 saturated carbocycles. The van der Waals surface area contributed by atoms with Gasteiger partial charge in [0.05, 0.1) is 24.3 Å². The number of nitrogens with zero attached hydrogens (tertiary/aromatic N) is 5. The summed E-state index contributed by atoms with van der Waals surface area (Å²) in [6.45, 7) is 5.45. The molecule has 0 aromatic carbocycles. The van der Waals surface area contributed by atoms with Gasteiger partial charge in [0.15, 0.2) is 0 Å². The number of amides is 1. The second-order valence-corrected chi connectivity index (χ2v) is 7.01. The number of fused-ring (bicyclic) bond motifs is 1. The summed E-state index contributed by atoms with van der Waals surface area (Å²) in [6.07, 6.45) is 6.13. The number of pyridine rings is 1. The van der Waals surface area contributed by atoms with Crippen LogP contribution in [0.5, 0.6) is 0 Å². The van der Waals surface area contributed by atoms with Crippen LogP contribution in [0.1, 0.15) is 36.2 Å². The molecule has 4 rings (SSSR count). The Kier molecular flexibility index (Phi) is 4.11. The van der Waals surface area contributed by atoms with Gasteiger partial charge in [-0.1, -0.05) is 6.07 Å². The highest BCUT2D eigenvalue weighted by Gasteiger charge is 2.44. The molecule has 0 unspecified atom stereocenters. The van der Waals surface area contributed by atoms with Crippen molar-refractivity contribution in [3.63, 3.8) is 0 Å². The molecule has 0 N–H and O–H groups in total. The monoisotopic (exact) mass is 337 g/mol. The number of hydrogen-bond donors (Lipinski definition) is 0. The summed E-state index contributed by atoms with van der Waals surface area (Å²) in [5.74, 6) is 1.01. The van der Waals surface area contributed by atoms with Crippen LogP contribution in [0.15, 0.2) is 30.6 Å². The topological polar surface area (TPSA) is 62.2 Å². The Morgan fingerprint density at radius 3 is 2.68 bits per heavy atom. The third-order valence-electron chi connectivity index (χ3n) is 5.19. The molecule has 2 atom stereocenters. The van der Waals surface area contributed by atoms with Gasteiger partial charge in [-0.3, -0.25) is 9.78 Å². The smallest absolute Gasteiger partial charge is 0.225 e. The molecule has 2 aromatic heterocycles. The normalized spacial score (nSPS) is 23.0. The molecule has 1 amide bonds. The van der Waals surface area contributed by atoms with E-state index in [1.165, 1.54) is 0 Å². The van der Waals surface area contributed by atoms with Crippen molar-refractivity contribution in [1.29, 1.82) is 0 Å². The standard InChI is InChI=1S/C19H23N5O/c1-13-10-20-19(21-11-13)23-9-8-17-16(23)6-7-18(25)24(17)12-15-5-3-4-14(2)22-15/h3-5,10-11,16-17H,6-9,12H2,1-2H3/t16-,17-/m1/s1. The summed E-state index contributed by atoms with van der Waals surface area (Å²) in [7, 11) is 0. The zero-order chi connectivity index (χ0) is 17.4. The number of rotatable bonds is 3. The third kappa shape index (κ3) is 3.08. The molecule has 2 aliphatic rings. The van der Waals surface area contributed by atoms with Gasteiger partial charge in [-0.15, -0.1) is 0 Å². The van der Waals surface area contributed by atoms with Gasteiger partial charge in [0.25, 0.3) is 0 Å². The lowest BCUT2D eigenvalue weighted by molar-refractivity contribution is -0.137. The van der Waals surface area contributed by atoms with Crippen molar-refractivity contribution in [1.82, 2.24) is 19.9 Å². The molecule has 0 aliphatic carbocycles. The number of piperidine rings is 1. The van der Waals surface area contributed by atoms with Gasteiger partial charge in [0.2, 0.25) is 11.9 Å². The second-order valence-electron chi connectivity index (χ2n) is 7.01. The Labute approximate surface area is 147 Å². The van der Waals surface area contributed by atoms with Gasteiger partial charge in [-0.05, 0) is 44.4 Å². The molecule has 2 aromatic rings. The minimum absolute atomic E-state index is 0.216. The fourth-order valence-electron chi connectivity index (χ4n) is 4.00. The van der Waals surface area contributed by atoms with Crippen molar-refractivity contribution in [3.05, 3.63) is 47.5 Å². The molecular weight excluding hydrogens is 314 g/mol. The van der Waals surface area contributed by atoms with E-state index < -0.39 is 0 Å². The highest BCUT2D eigenvalue weighted by Crippen LogP contribution is 2.34. The van der Waals surface area contributed by atoms with Crippen LogP contribution < -0.4 is 4.90 Å². The van der Waals surface area contributed by atoms with E-state index in [1.807, 2.05) is 49.3 Å². The SMILES string of the molecule is Cc1cnc(N2CC[C@@H]3[C@H]2CCC(=O)N3Cc2cccc(C)n2)nc1. The predicted octanol–water partition coefficient (Wildman–Crippen LogP) is 2.26. The summed E-state index contributed by atoms with van der Waals surface area (Å²) >= 11 is 0. The lowest BCUT2D eigenvalue weighted by Gasteiger charge is -2.39. The van der Waals surface area contributed by atoms with Crippen LogP contribution in [0.3, 0.4) is 0 Å². The largest absolute Gasteiger partial charge is 0.336 e. The van der Waals surface area contributed by atoms with E-state index in [1.54, 1.807) is 0 Å². The Morgan fingerprint density at radius 1 is 1.12 bits per heavy atom. The summed E-state index contributed by atoms with van der Waals surface area (Å²) in [4.78, 5) is 30.4. The number of carbonyl (C=O) groups is 1. The molecule has 0 bridgehead atoms. The minimum Gasteiger partial charge on any atom is -0.336 e. The van der Waals surface area contributed by atoms with Crippen molar-refractivity contribution < 1.29 is 4.79 Å². The fraction of sp³-hybridized carbons (Fsp3) is 0.474. The number of hydrogen-bond acceptors (Lipinski definition) is 5. The van der Waals surface area contributed by atoms with E-state index >= 15 is 0 Å². The Morgan fingerprint density at radius 2 is 1.92 bits per heavy atom. The molecule has 6 nitrogen and oxygen atoms in total. The molecule has 130 valence electrons. The second kappa shape index (κ2) is 6.43. The molecule has 25 heavy (non-hydrogen) atoms. The van der Waals surface area contributed by atoms with Gasteiger partial charge in [-0.25, -0.2) is 9.97 Å². The molecule has 2 fully saturated rings. The highest BCUT2D eigenvalue weighted by molar-refractivity contribution is 5.78. The highest BCUT2D eigenvalue weighted by atomic mass is 16.2. The molecule has 2 aliphatic heterocycles. The van der Waals surface area contributed by atoms with Crippen molar-refractivity contribution in [2.24, 2.45) is 0 Å². The first-order valence-corrected chi connectivity index (χ1v) is 8.89. The lowest BCUT2D eigenvalue weighted by Crippen LogP contribution is -2.52. The summed E-state index contributed by atoms with van der Waals surface area (Å²) < 4.78 is 0. The van der Waals surface area contributed by atoms with E-state index in [-0.39, 0.29) is 11.9 Å². The Bertz CT molecular complexity index is 776. The van der Waals surface area contributed by atoms with Crippen molar-refractivity contribution in [2.45, 2.75) is 51.7 Å². The summed E-state index contributed by atoms with van der Waals surface area (Å²) in [5.41, 5.74) is 3.00. The number of anilines is 1. The maximum Gasteiger partial charge on any atom is 0.225 e. The summed E-state index contributed by atoms with van der Waals surface area (Å²) in [6, 6.07) is 6.50. The number of likely N-dealkylation sites (tertiary alicyclic amines) is 1. The van der Waals surface area contributed by atoms with Crippen LogP contribution in [0.2, 0.25) is 0 Å². The van der Waals surface area contributed by atoms with Gasteiger partial charge in [0.1, 0.15) is 0 Å². The van der Waals surface area contributed by atoms with Crippen LogP contribution in [0.4, 0.5) is 5.95 Å². The van der Waals surface area contributed by atoms with Crippen molar-refractivity contribution >= 4 is 11.9 Å². The van der Waals surface area contributed by atoms with Crippen LogP contribution in [0, 0.1) is 13.8 Å². The first-order valence-electron chi connectivity index (χ1n) is 8.89. The lowest BCUT2D eigenvalue weighted by atomic mass is 9.96. The van der Waals surface area contributed by atoms with Gasteiger partial charge in [0, 0.05) is 31.1 Å². The maximum absolute atomic E-state index is 12.6. The van der Waals surface area contributed by atoms with Gasteiger partial charge >= 0.3 is 0 Å². The van der Waals surface area contributed by atoms with Crippen LogP contribution in [0.25, 0.3) is 0 Å².